The first-order chi connectivity index (χ1) is 15.9. The lowest BCUT2D eigenvalue weighted by Gasteiger charge is -2.31. The first kappa shape index (κ1) is 22.3. The van der Waals surface area contributed by atoms with Crippen LogP contribution in [0.2, 0.25) is 0 Å². The predicted octanol–water partition coefficient (Wildman–Crippen LogP) is 6.18. The van der Waals surface area contributed by atoms with Gasteiger partial charge in [-0.3, -0.25) is 14.9 Å². The van der Waals surface area contributed by atoms with Crippen LogP contribution in [-0.4, -0.2) is 23.9 Å². The van der Waals surface area contributed by atoms with Gasteiger partial charge >= 0.3 is 0 Å². The molecule has 3 aromatic carbocycles. The number of piperidine rings is 1. The second-order valence-electron chi connectivity index (χ2n) is 8.53. The summed E-state index contributed by atoms with van der Waals surface area (Å²) in [4.78, 5) is 26.1. The van der Waals surface area contributed by atoms with E-state index in [1.807, 2.05) is 36.1 Å². The number of nitro benzene ring substituents is 1. The highest BCUT2D eigenvalue weighted by Crippen LogP contribution is 2.32. The van der Waals surface area contributed by atoms with E-state index < -0.39 is 10.8 Å². The Bertz CT molecular complexity index is 1150. The Balaban J connectivity index is 1.45. The molecule has 3 aromatic rings. The van der Waals surface area contributed by atoms with Gasteiger partial charge in [0, 0.05) is 30.4 Å². The van der Waals surface area contributed by atoms with E-state index in [-0.39, 0.29) is 11.3 Å². The van der Waals surface area contributed by atoms with Crippen LogP contribution in [0, 0.1) is 23.0 Å². The number of hydrogen-bond donors (Lipinski definition) is 1. The van der Waals surface area contributed by atoms with Crippen molar-refractivity contribution in [3.05, 3.63) is 88.0 Å². The number of hydrogen-bond acceptors (Lipinski definition) is 5. The molecule has 0 atom stereocenters. The van der Waals surface area contributed by atoms with Crippen LogP contribution in [0.3, 0.4) is 0 Å². The molecule has 1 heterocycles. The SMILES string of the molecule is Cc1cccc(Oc2ccc(NC(=O)c3ccc(N4CCC(C)CC4)c([N+](=O)[O-])c3)cc2)c1. The van der Waals surface area contributed by atoms with E-state index in [0.717, 1.165) is 37.2 Å². The fraction of sp³-hybridized carbons (Fsp3) is 0.269. The maximum atomic E-state index is 12.8. The molecule has 1 amide bonds. The average Bonchev–Trinajstić information content (AvgIpc) is 2.80. The minimum Gasteiger partial charge on any atom is -0.457 e. The number of carbonyl (C=O) groups excluding carboxylic acids is 1. The van der Waals surface area contributed by atoms with Crippen molar-refractivity contribution >= 4 is 23.0 Å². The van der Waals surface area contributed by atoms with Crippen molar-refractivity contribution in [3.8, 4) is 11.5 Å². The molecule has 33 heavy (non-hydrogen) atoms. The maximum absolute atomic E-state index is 12.8. The third kappa shape index (κ3) is 5.49. The van der Waals surface area contributed by atoms with Gasteiger partial charge in [-0.05, 0) is 79.8 Å². The molecule has 0 unspecified atom stereocenters. The topological polar surface area (TPSA) is 84.7 Å². The van der Waals surface area contributed by atoms with Gasteiger partial charge in [-0.15, -0.1) is 0 Å². The molecule has 0 saturated carbocycles. The zero-order valence-electron chi connectivity index (χ0n) is 18.8. The van der Waals surface area contributed by atoms with Crippen LogP contribution in [0.1, 0.15) is 35.7 Å². The van der Waals surface area contributed by atoms with Gasteiger partial charge in [-0.1, -0.05) is 19.1 Å². The highest BCUT2D eigenvalue weighted by molar-refractivity contribution is 6.05. The summed E-state index contributed by atoms with van der Waals surface area (Å²) in [5.41, 5.74) is 2.45. The molecule has 4 rings (SSSR count). The van der Waals surface area contributed by atoms with Crippen LogP contribution >= 0.6 is 0 Å². The van der Waals surface area contributed by atoms with Crippen molar-refractivity contribution in [1.82, 2.24) is 0 Å². The summed E-state index contributed by atoms with van der Waals surface area (Å²) >= 11 is 0. The van der Waals surface area contributed by atoms with E-state index in [1.165, 1.54) is 6.07 Å². The third-order valence-electron chi connectivity index (χ3n) is 5.90. The zero-order chi connectivity index (χ0) is 23.4. The molecule has 7 heteroatoms. The van der Waals surface area contributed by atoms with Crippen LogP contribution in [0.5, 0.6) is 11.5 Å². The molecule has 0 radical (unpaired) electrons. The van der Waals surface area contributed by atoms with E-state index in [4.69, 9.17) is 4.74 Å². The van der Waals surface area contributed by atoms with E-state index >= 15 is 0 Å². The highest BCUT2D eigenvalue weighted by atomic mass is 16.6. The fourth-order valence-corrected chi connectivity index (χ4v) is 3.95. The summed E-state index contributed by atoms with van der Waals surface area (Å²) in [7, 11) is 0. The molecule has 0 aliphatic carbocycles. The molecule has 0 aromatic heterocycles. The Kier molecular flexibility index (Phi) is 6.58. The maximum Gasteiger partial charge on any atom is 0.293 e. The number of nitro groups is 1. The van der Waals surface area contributed by atoms with Gasteiger partial charge in [0.1, 0.15) is 17.2 Å². The number of ether oxygens (including phenoxy) is 1. The first-order valence-electron chi connectivity index (χ1n) is 11.1. The summed E-state index contributed by atoms with van der Waals surface area (Å²) in [6, 6.07) is 19.4. The Morgan fingerprint density at radius 3 is 2.42 bits per heavy atom. The molecule has 7 nitrogen and oxygen atoms in total. The Hall–Kier alpha value is -3.87. The monoisotopic (exact) mass is 445 g/mol. The van der Waals surface area contributed by atoms with Crippen molar-refractivity contribution in [3.63, 3.8) is 0 Å². The zero-order valence-corrected chi connectivity index (χ0v) is 18.8. The second-order valence-corrected chi connectivity index (χ2v) is 8.53. The van der Waals surface area contributed by atoms with Crippen LogP contribution in [0.4, 0.5) is 17.1 Å². The molecule has 1 N–H and O–H groups in total. The molecule has 0 bridgehead atoms. The first-order valence-corrected chi connectivity index (χ1v) is 11.1. The van der Waals surface area contributed by atoms with Crippen molar-refractivity contribution < 1.29 is 14.5 Å². The number of nitrogens with zero attached hydrogens (tertiary/aromatic N) is 2. The third-order valence-corrected chi connectivity index (χ3v) is 5.90. The number of carbonyl (C=O) groups is 1. The summed E-state index contributed by atoms with van der Waals surface area (Å²) in [6.45, 7) is 5.75. The van der Waals surface area contributed by atoms with Crippen LogP contribution in [0.25, 0.3) is 0 Å². The molecular formula is C26H27N3O4. The van der Waals surface area contributed by atoms with Crippen LogP contribution < -0.4 is 15.0 Å². The molecule has 1 fully saturated rings. The standard InChI is InChI=1S/C26H27N3O4/c1-18-12-14-28(15-13-18)24-11-6-20(17-25(24)29(31)32)26(30)27-21-7-9-22(10-8-21)33-23-5-3-4-19(2)16-23/h3-11,16-18H,12-15H2,1-2H3,(H,27,30). The largest absolute Gasteiger partial charge is 0.457 e. The average molecular weight is 446 g/mol. The number of benzene rings is 3. The summed E-state index contributed by atoms with van der Waals surface area (Å²) < 4.78 is 5.83. The van der Waals surface area contributed by atoms with Gasteiger partial charge in [0.05, 0.1) is 4.92 Å². The van der Waals surface area contributed by atoms with E-state index in [1.54, 1.807) is 36.4 Å². The van der Waals surface area contributed by atoms with Gasteiger partial charge in [0.2, 0.25) is 0 Å². The lowest BCUT2D eigenvalue weighted by atomic mass is 9.98. The second kappa shape index (κ2) is 9.73. The number of aryl methyl sites for hydroxylation is 1. The molecule has 170 valence electrons. The number of anilines is 2. The van der Waals surface area contributed by atoms with Crippen molar-refractivity contribution in [2.45, 2.75) is 26.7 Å². The molecular weight excluding hydrogens is 418 g/mol. The van der Waals surface area contributed by atoms with E-state index in [2.05, 4.69) is 12.2 Å². The normalized spacial score (nSPS) is 14.1. The van der Waals surface area contributed by atoms with E-state index in [9.17, 15) is 14.9 Å². The van der Waals surface area contributed by atoms with Gasteiger partial charge in [-0.2, -0.15) is 0 Å². The minimum absolute atomic E-state index is 0.0425. The van der Waals surface area contributed by atoms with Crippen molar-refractivity contribution in [2.24, 2.45) is 5.92 Å². The van der Waals surface area contributed by atoms with Crippen molar-refractivity contribution in [1.29, 1.82) is 0 Å². The highest BCUT2D eigenvalue weighted by Gasteiger charge is 2.24. The van der Waals surface area contributed by atoms with Crippen molar-refractivity contribution in [2.75, 3.05) is 23.3 Å². The Morgan fingerprint density at radius 2 is 1.76 bits per heavy atom. The number of nitrogens with one attached hydrogen (secondary N) is 1. The van der Waals surface area contributed by atoms with Gasteiger partial charge < -0.3 is 15.0 Å². The molecule has 1 saturated heterocycles. The Morgan fingerprint density at radius 1 is 1.03 bits per heavy atom. The molecule has 0 spiro atoms. The van der Waals surface area contributed by atoms with Gasteiger partial charge in [0.25, 0.3) is 11.6 Å². The molecule has 1 aliphatic rings. The fourth-order valence-electron chi connectivity index (χ4n) is 3.95. The molecule has 1 aliphatic heterocycles. The summed E-state index contributed by atoms with van der Waals surface area (Å²) in [5.74, 6) is 1.61. The van der Waals surface area contributed by atoms with Gasteiger partial charge in [0.15, 0.2) is 0 Å². The van der Waals surface area contributed by atoms with Crippen LogP contribution in [-0.2, 0) is 0 Å². The minimum atomic E-state index is -0.415. The number of amides is 1. The Labute approximate surface area is 193 Å². The number of rotatable bonds is 6. The van der Waals surface area contributed by atoms with Gasteiger partial charge in [-0.25, -0.2) is 0 Å². The lowest BCUT2D eigenvalue weighted by molar-refractivity contribution is -0.384. The lowest BCUT2D eigenvalue weighted by Crippen LogP contribution is -2.33. The smallest absolute Gasteiger partial charge is 0.293 e. The van der Waals surface area contributed by atoms with Crippen LogP contribution in [0.15, 0.2) is 66.7 Å². The van der Waals surface area contributed by atoms with E-state index in [0.29, 0.717) is 23.0 Å². The summed E-state index contributed by atoms with van der Waals surface area (Å²) in [5, 5.41) is 14.5. The quantitative estimate of drug-likeness (QED) is 0.361. The summed E-state index contributed by atoms with van der Waals surface area (Å²) in [6.07, 6.45) is 2.01. The predicted molar refractivity (Wildman–Crippen MR) is 129 cm³/mol.